The SMILES string of the molecule is COc1ccc(-c2coc3c4c(cc(O)c3c2=O)OC(=O)CC4c2cc(OC)c3c(c2)OCO3)cc1. The molecule has 2 aliphatic heterocycles. The Balaban J connectivity index is 1.56. The fraction of sp³-hybridized carbons (Fsp3) is 0.185. The lowest BCUT2D eigenvalue weighted by atomic mass is 9.84. The highest BCUT2D eigenvalue weighted by Gasteiger charge is 2.35. The Bertz CT molecular complexity index is 1580. The van der Waals surface area contributed by atoms with Gasteiger partial charge in [-0.1, -0.05) is 12.1 Å². The van der Waals surface area contributed by atoms with E-state index in [1.54, 1.807) is 43.5 Å². The summed E-state index contributed by atoms with van der Waals surface area (Å²) in [7, 11) is 3.07. The van der Waals surface area contributed by atoms with E-state index in [1.165, 1.54) is 19.4 Å². The minimum Gasteiger partial charge on any atom is -0.507 e. The average molecular weight is 488 g/mol. The van der Waals surface area contributed by atoms with Crippen LogP contribution in [-0.2, 0) is 4.79 Å². The van der Waals surface area contributed by atoms with E-state index in [0.29, 0.717) is 39.7 Å². The van der Waals surface area contributed by atoms with Crippen LogP contribution in [-0.4, -0.2) is 32.1 Å². The molecule has 6 rings (SSSR count). The quantitative estimate of drug-likeness (QED) is 0.331. The number of aromatic hydroxyl groups is 1. The summed E-state index contributed by atoms with van der Waals surface area (Å²) >= 11 is 0. The van der Waals surface area contributed by atoms with Crippen molar-refractivity contribution in [2.75, 3.05) is 21.0 Å². The maximum absolute atomic E-state index is 13.5. The minimum atomic E-state index is -0.553. The van der Waals surface area contributed by atoms with Gasteiger partial charge in [-0.15, -0.1) is 0 Å². The molecule has 0 amide bonds. The van der Waals surface area contributed by atoms with Gasteiger partial charge in [0.2, 0.25) is 18.0 Å². The number of carbonyl (C=O) groups is 1. The third-order valence-corrected chi connectivity index (χ3v) is 6.45. The predicted octanol–water partition coefficient (Wildman–Crippen LogP) is 4.35. The summed E-state index contributed by atoms with van der Waals surface area (Å²) in [5.41, 5.74) is 1.76. The first-order valence-corrected chi connectivity index (χ1v) is 11.1. The number of phenolic OH excluding ortho intramolecular Hbond substituents is 1. The van der Waals surface area contributed by atoms with E-state index in [0.717, 1.165) is 0 Å². The van der Waals surface area contributed by atoms with Crippen molar-refractivity contribution in [3.63, 3.8) is 0 Å². The molecule has 2 aliphatic rings. The molecule has 1 unspecified atom stereocenters. The normalized spacial score (nSPS) is 15.9. The summed E-state index contributed by atoms with van der Waals surface area (Å²) in [5, 5.41) is 10.8. The molecule has 1 N–H and O–H groups in total. The summed E-state index contributed by atoms with van der Waals surface area (Å²) in [5.74, 6) is 0.796. The molecule has 4 aromatic rings. The van der Waals surface area contributed by atoms with Gasteiger partial charge in [0.1, 0.15) is 34.5 Å². The summed E-state index contributed by atoms with van der Waals surface area (Å²) in [6.45, 7) is 0.0538. The fourth-order valence-electron chi connectivity index (χ4n) is 4.74. The van der Waals surface area contributed by atoms with E-state index >= 15 is 0 Å². The van der Waals surface area contributed by atoms with Crippen LogP contribution in [0.2, 0.25) is 0 Å². The molecule has 0 aliphatic carbocycles. The zero-order valence-corrected chi connectivity index (χ0v) is 19.3. The van der Waals surface area contributed by atoms with Crippen LogP contribution in [0.5, 0.6) is 34.5 Å². The fourth-order valence-corrected chi connectivity index (χ4v) is 4.74. The highest BCUT2D eigenvalue weighted by molar-refractivity contribution is 5.94. The van der Waals surface area contributed by atoms with Gasteiger partial charge < -0.3 is 33.2 Å². The summed E-state index contributed by atoms with van der Waals surface area (Å²) in [6.07, 6.45) is 1.33. The third-order valence-electron chi connectivity index (χ3n) is 6.45. The lowest BCUT2D eigenvalue weighted by Gasteiger charge is -2.26. The van der Waals surface area contributed by atoms with E-state index in [9.17, 15) is 14.7 Å². The van der Waals surface area contributed by atoms with Crippen molar-refractivity contribution in [3.8, 4) is 45.6 Å². The third kappa shape index (κ3) is 3.31. The molecule has 3 aromatic carbocycles. The van der Waals surface area contributed by atoms with Crippen molar-refractivity contribution in [3.05, 3.63) is 70.1 Å². The lowest BCUT2D eigenvalue weighted by Crippen LogP contribution is -2.22. The smallest absolute Gasteiger partial charge is 0.312 e. The number of ether oxygens (including phenoxy) is 5. The molecule has 0 saturated heterocycles. The number of esters is 1. The molecule has 36 heavy (non-hydrogen) atoms. The maximum Gasteiger partial charge on any atom is 0.312 e. The molecule has 0 saturated carbocycles. The zero-order chi connectivity index (χ0) is 25.0. The topological polar surface area (TPSA) is 114 Å². The van der Waals surface area contributed by atoms with Crippen LogP contribution in [0.3, 0.4) is 0 Å². The van der Waals surface area contributed by atoms with Crippen molar-refractivity contribution in [1.82, 2.24) is 0 Å². The van der Waals surface area contributed by atoms with E-state index in [4.69, 9.17) is 28.1 Å². The Morgan fingerprint density at radius 1 is 0.972 bits per heavy atom. The summed E-state index contributed by atoms with van der Waals surface area (Å²) in [6, 6.07) is 11.7. The van der Waals surface area contributed by atoms with E-state index < -0.39 is 17.3 Å². The van der Waals surface area contributed by atoms with Gasteiger partial charge in [0, 0.05) is 17.5 Å². The Morgan fingerprint density at radius 3 is 2.53 bits per heavy atom. The number of benzene rings is 3. The highest BCUT2D eigenvalue weighted by atomic mass is 16.7. The number of hydrogen-bond acceptors (Lipinski definition) is 9. The van der Waals surface area contributed by atoms with Gasteiger partial charge in [-0.05, 0) is 35.4 Å². The molecule has 0 spiro atoms. The Morgan fingerprint density at radius 2 is 1.78 bits per heavy atom. The molecule has 9 nitrogen and oxygen atoms in total. The van der Waals surface area contributed by atoms with Crippen LogP contribution in [0, 0.1) is 0 Å². The number of phenols is 1. The Hall–Kier alpha value is -4.66. The van der Waals surface area contributed by atoms with Crippen LogP contribution >= 0.6 is 0 Å². The second-order valence-corrected chi connectivity index (χ2v) is 8.41. The number of methoxy groups -OCH3 is 2. The van der Waals surface area contributed by atoms with Gasteiger partial charge in [0.05, 0.1) is 26.2 Å². The number of hydrogen-bond donors (Lipinski definition) is 1. The second kappa shape index (κ2) is 8.23. The Labute approximate surface area is 204 Å². The van der Waals surface area contributed by atoms with Gasteiger partial charge in [-0.25, -0.2) is 0 Å². The molecule has 9 heteroatoms. The monoisotopic (exact) mass is 488 g/mol. The van der Waals surface area contributed by atoms with E-state index in [1.807, 2.05) is 0 Å². The van der Waals surface area contributed by atoms with E-state index in [2.05, 4.69) is 0 Å². The molecule has 1 atom stereocenters. The second-order valence-electron chi connectivity index (χ2n) is 8.41. The standard InChI is InChI=1S/C27H20O9/c1-31-15-5-3-13(4-6-15)17-11-33-27-23-16(14-7-20(32-2)26-21(8-14)34-12-35-26)9-22(29)36-19(23)10-18(28)24(27)25(17)30/h3-8,10-11,16,28H,9,12H2,1-2H3. The van der Waals surface area contributed by atoms with Gasteiger partial charge in [-0.2, -0.15) is 0 Å². The highest BCUT2D eigenvalue weighted by Crippen LogP contribution is 2.49. The lowest BCUT2D eigenvalue weighted by molar-refractivity contribution is -0.135. The Kier molecular flexibility index (Phi) is 4.99. The van der Waals surface area contributed by atoms with E-state index in [-0.39, 0.29) is 41.2 Å². The predicted molar refractivity (Wildman–Crippen MR) is 127 cm³/mol. The minimum absolute atomic E-state index is 0.00211. The first-order valence-electron chi connectivity index (χ1n) is 11.1. The van der Waals surface area contributed by atoms with Gasteiger partial charge in [0.15, 0.2) is 11.5 Å². The van der Waals surface area contributed by atoms with Gasteiger partial charge in [-0.3, -0.25) is 9.59 Å². The maximum atomic E-state index is 13.5. The molecule has 182 valence electrons. The number of rotatable bonds is 4. The largest absolute Gasteiger partial charge is 0.507 e. The molecular weight excluding hydrogens is 468 g/mol. The van der Waals surface area contributed by atoms with Crippen molar-refractivity contribution in [2.24, 2.45) is 0 Å². The molecule has 1 aromatic heterocycles. The summed E-state index contributed by atoms with van der Waals surface area (Å²) in [4.78, 5) is 26.0. The van der Waals surface area contributed by atoms with Crippen molar-refractivity contribution < 1.29 is 38.0 Å². The zero-order valence-electron chi connectivity index (χ0n) is 19.3. The van der Waals surface area contributed by atoms with Crippen LogP contribution in [0.25, 0.3) is 22.1 Å². The number of carbonyl (C=O) groups excluding carboxylic acids is 1. The van der Waals surface area contributed by atoms with Crippen LogP contribution in [0.4, 0.5) is 0 Å². The average Bonchev–Trinajstić information content (AvgIpc) is 3.36. The molecule has 3 heterocycles. The van der Waals surface area contributed by atoms with Crippen molar-refractivity contribution in [2.45, 2.75) is 12.3 Å². The van der Waals surface area contributed by atoms with Crippen LogP contribution < -0.4 is 29.1 Å². The van der Waals surface area contributed by atoms with Crippen molar-refractivity contribution >= 4 is 16.9 Å². The molecule has 0 fully saturated rings. The van der Waals surface area contributed by atoms with Gasteiger partial charge >= 0.3 is 5.97 Å². The van der Waals surface area contributed by atoms with Crippen LogP contribution in [0.1, 0.15) is 23.5 Å². The molecule has 0 radical (unpaired) electrons. The first-order chi connectivity index (χ1) is 17.5. The molecular formula is C27H20O9. The van der Waals surface area contributed by atoms with Crippen molar-refractivity contribution in [1.29, 1.82) is 0 Å². The van der Waals surface area contributed by atoms with Crippen LogP contribution in [0.15, 0.2) is 57.9 Å². The summed E-state index contributed by atoms with van der Waals surface area (Å²) < 4.78 is 33.1. The number of fused-ring (bicyclic) bond motifs is 4. The van der Waals surface area contributed by atoms with Gasteiger partial charge in [0.25, 0.3) is 0 Å². The molecule has 0 bridgehead atoms. The first kappa shape index (κ1) is 21.8.